The van der Waals surface area contributed by atoms with Gasteiger partial charge < -0.3 is 10.3 Å². The van der Waals surface area contributed by atoms with Gasteiger partial charge in [-0.3, -0.25) is 0 Å². The maximum atomic E-state index is 13.9. The van der Waals surface area contributed by atoms with Gasteiger partial charge in [0.2, 0.25) is 0 Å². The second-order valence-corrected chi connectivity index (χ2v) is 4.55. The molecular formula is C13H13F4N3O. The minimum Gasteiger partial charge on any atom is -0.334 e. The first kappa shape index (κ1) is 15.4. The van der Waals surface area contributed by atoms with Gasteiger partial charge in [0, 0.05) is 12.5 Å². The third-order valence-electron chi connectivity index (χ3n) is 2.97. The number of alkyl halides is 3. The number of benzene rings is 1. The highest BCUT2D eigenvalue weighted by molar-refractivity contribution is 5.55. The second-order valence-electron chi connectivity index (χ2n) is 4.55. The zero-order valence-corrected chi connectivity index (χ0v) is 11.1. The average molecular weight is 303 g/mol. The van der Waals surface area contributed by atoms with Gasteiger partial charge in [-0.05, 0) is 18.6 Å². The minimum absolute atomic E-state index is 0.193. The summed E-state index contributed by atoms with van der Waals surface area (Å²) in [5.74, 6) is -1.49. The fourth-order valence-electron chi connectivity index (χ4n) is 1.74. The lowest BCUT2D eigenvalue weighted by Gasteiger charge is -2.08. The summed E-state index contributed by atoms with van der Waals surface area (Å²) in [6.07, 6.45) is -3.80. The number of halogens is 4. The molecule has 8 heteroatoms. The van der Waals surface area contributed by atoms with Gasteiger partial charge in [0.25, 0.3) is 5.89 Å². The van der Waals surface area contributed by atoms with Crippen LogP contribution in [0.5, 0.6) is 0 Å². The molecule has 0 aliphatic rings. The molecule has 0 saturated heterocycles. The predicted octanol–water partition coefficient (Wildman–Crippen LogP) is 3.17. The van der Waals surface area contributed by atoms with Crippen molar-refractivity contribution in [2.75, 3.05) is 0 Å². The highest BCUT2D eigenvalue weighted by atomic mass is 19.4. The van der Waals surface area contributed by atoms with Crippen LogP contribution in [0.4, 0.5) is 17.6 Å². The highest BCUT2D eigenvalue weighted by Crippen LogP contribution is 2.35. The average Bonchev–Trinajstić information content (AvgIpc) is 2.85. The van der Waals surface area contributed by atoms with Gasteiger partial charge in [-0.15, -0.1) is 0 Å². The van der Waals surface area contributed by atoms with E-state index in [1.807, 2.05) is 6.92 Å². The smallest absolute Gasteiger partial charge is 0.334 e. The minimum atomic E-state index is -4.78. The Balaban J connectivity index is 2.35. The summed E-state index contributed by atoms with van der Waals surface area (Å²) in [5.41, 5.74) is 3.97. The van der Waals surface area contributed by atoms with E-state index < -0.39 is 17.6 Å². The van der Waals surface area contributed by atoms with E-state index in [4.69, 9.17) is 10.3 Å². The molecule has 114 valence electrons. The summed E-state index contributed by atoms with van der Waals surface area (Å²) >= 11 is 0. The molecule has 0 bridgehead atoms. The molecule has 2 N–H and O–H groups in total. The van der Waals surface area contributed by atoms with Crippen LogP contribution in [0, 0.1) is 5.82 Å². The number of nitrogens with zero attached hydrogens (tertiary/aromatic N) is 2. The zero-order chi connectivity index (χ0) is 15.6. The molecule has 0 aliphatic carbocycles. The van der Waals surface area contributed by atoms with Gasteiger partial charge >= 0.3 is 6.18 Å². The van der Waals surface area contributed by atoms with Gasteiger partial charge in [-0.2, -0.15) is 18.2 Å². The first-order chi connectivity index (χ1) is 9.82. The number of rotatable bonds is 4. The van der Waals surface area contributed by atoms with Gasteiger partial charge in [0.05, 0.1) is 11.1 Å². The summed E-state index contributed by atoms with van der Waals surface area (Å²) in [5, 5.41) is 3.60. The van der Waals surface area contributed by atoms with Crippen LogP contribution in [-0.2, 0) is 12.6 Å². The molecule has 0 saturated carbocycles. The third-order valence-corrected chi connectivity index (χ3v) is 2.97. The number of nitrogens with two attached hydrogens (primary N) is 1. The molecule has 2 rings (SSSR count). The molecule has 1 unspecified atom stereocenters. The molecule has 0 radical (unpaired) electrons. The monoisotopic (exact) mass is 303 g/mol. The Hall–Kier alpha value is -1.96. The van der Waals surface area contributed by atoms with Crippen molar-refractivity contribution in [2.24, 2.45) is 5.73 Å². The van der Waals surface area contributed by atoms with E-state index in [0.717, 1.165) is 12.1 Å². The summed E-state index contributed by atoms with van der Waals surface area (Å²) in [6, 6.07) is 2.70. The van der Waals surface area contributed by atoms with E-state index in [1.165, 1.54) is 0 Å². The fraction of sp³-hybridized carbons (Fsp3) is 0.385. The van der Waals surface area contributed by atoms with E-state index in [9.17, 15) is 17.6 Å². The van der Waals surface area contributed by atoms with Crippen molar-refractivity contribution in [3.63, 3.8) is 0 Å². The Morgan fingerprint density at radius 3 is 2.67 bits per heavy atom. The van der Waals surface area contributed by atoms with E-state index in [1.54, 1.807) is 0 Å². The molecule has 1 aromatic carbocycles. The SMILES string of the molecule is CCC(N)Cc1noc(-c2cccc(C(F)(F)F)c2F)n1. The van der Waals surface area contributed by atoms with Crippen molar-refractivity contribution < 1.29 is 22.1 Å². The first-order valence-corrected chi connectivity index (χ1v) is 6.27. The summed E-state index contributed by atoms with van der Waals surface area (Å²) in [7, 11) is 0. The lowest BCUT2D eigenvalue weighted by atomic mass is 10.1. The normalized spacial score (nSPS) is 13.4. The Morgan fingerprint density at radius 1 is 1.33 bits per heavy atom. The summed E-state index contributed by atoms with van der Waals surface area (Å²) in [4.78, 5) is 3.89. The van der Waals surface area contributed by atoms with Crippen LogP contribution in [-0.4, -0.2) is 16.2 Å². The van der Waals surface area contributed by atoms with Crippen LogP contribution < -0.4 is 5.73 Å². The van der Waals surface area contributed by atoms with Crippen LogP contribution in [0.3, 0.4) is 0 Å². The van der Waals surface area contributed by atoms with Crippen LogP contribution in [0.2, 0.25) is 0 Å². The lowest BCUT2D eigenvalue weighted by molar-refractivity contribution is -0.139. The molecule has 0 fully saturated rings. The maximum absolute atomic E-state index is 13.9. The molecule has 21 heavy (non-hydrogen) atoms. The van der Waals surface area contributed by atoms with E-state index in [-0.39, 0.29) is 23.3 Å². The zero-order valence-electron chi connectivity index (χ0n) is 11.1. The van der Waals surface area contributed by atoms with Crippen molar-refractivity contribution >= 4 is 0 Å². The van der Waals surface area contributed by atoms with Gasteiger partial charge in [-0.25, -0.2) is 4.39 Å². The quantitative estimate of drug-likeness (QED) is 0.881. The first-order valence-electron chi connectivity index (χ1n) is 6.27. The fourth-order valence-corrected chi connectivity index (χ4v) is 1.74. The Labute approximate surface area is 118 Å². The third kappa shape index (κ3) is 3.38. The summed E-state index contributed by atoms with van der Waals surface area (Å²) < 4.78 is 56.7. The van der Waals surface area contributed by atoms with E-state index in [2.05, 4.69) is 10.1 Å². The van der Waals surface area contributed by atoms with Crippen LogP contribution in [0.1, 0.15) is 24.7 Å². The molecule has 1 atom stereocenters. The predicted molar refractivity (Wildman–Crippen MR) is 66.7 cm³/mol. The van der Waals surface area contributed by atoms with Gasteiger partial charge in [0.1, 0.15) is 5.82 Å². The van der Waals surface area contributed by atoms with Crippen molar-refractivity contribution in [3.8, 4) is 11.5 Å². The van der Waals surface area contributed by atoms with E-state index >= 15 is 0 Å². The number of aromatic nitrogens is 2. The van der Waals surface area contributed by atoms with Gasteiger partial charge in [-0.1, -0.05) is 18.1 Å². The molecule has 1 heterocycles. The Kier molecular flexibility index (Phi) is 4.26. The summed E-state index contributed by atoms with van der Waals surface area (Å²) in [6.45, 7) is 1.87. The second kappa shape index (κ2) is 5.80. The van der Waals surface area contributed by atoms with Crippen LogP contribution in [0.25, 0.3) is 11.5 Å². The van der Waals surface area contributed by atoms with Crippen molar-refractivity contribution in [3.05, 3.63) is 35.4 Å². The van der Waals surface area contributed by atoms with Crippen molar-refractivity contribution in [1.82, 2.24) is 10.1 Å². The van der Waals surface area contributed by atoms with Gasteiger partial charge in [0.15, 0.2) is 5.82 Å². The lowest BCUT2D eigenvalue weighted by Crippen LogP contribution is -2.21. The topological polar surface area (TPSA) is 64.9 Å². The Morgan fingerprint density at radius 2 is 2.05 bits per heavy atom. The molecule has 4 nitrogen and oxygen atoms in total. The number of hydrogen-bond acceptors (Lipinski definition) is 4. The molecule has 2 aromatic rings. The molecule has 0 amide bonds. The standard InChI is InChI=1S/C13H13F4N3O/c1-2-7(18)6-10-19-12(21-20-10)8-4-3-5-9(11(8)14)13(15,16)17/h3-5,7H,2,6,18H2,1H3. The Bertz CT molecular complexity index is 624. The highest BCUT2D eigenvalue weighted by Gasteiger charge is 2.35. The molecular weight excluding hydrogens is 290 g/mol. The largest absolute Gasteiger partial charge is 0.419 e. The van der Waals surface area contributed by atoms with Crippen LogP contribution >= 0.6 is 0 Å². The molecule has 1 aromatic heterocycles. The molecule has 0 aliphatic heterocycles. The maximum Gasteiger partial charge on any atom is 0.419 e. The number of hydrogen-bond donors (Lipinski definition) is 1. The van der Waals surface area contributed by atoms with Crippen LogP contribution in [0.15, 0.2) is 22.7 Å². The van der Waals surface area contributed by atoms with Crippen molar-refractivity contribution in [2.45, 2.75) is 32.0 Å². The van der Waals surface area contributed by atoms with Crippen molar-refractivity contribution in [1.29, 1.82) is 0 Å². The molecule has 0 spiro atoms. The van der Waals surface area contributed by atoms with E-state index in [0.29, 0.717) is 18.9 Å².